The maximum Gasteiger partial charge on any atom is 0.338 e. The van der Waals surface area contributed by atoms with E-state index < -0.39 is 18.0 Å². The van der Waals surface area contributed by atoms with Crippen molar-refractivity contribution in [3.8, 4) is 17.6 Å². The number of hydrogen-bond acceptors (Lipinski definition) is 6. The molecule has 8 nitrogen and oxygen atoms in total. The molecule has 1 aliphatic rings. The van der Waals surface area contributed by atoms with Crippen molar-refractivity contribution in [2.45, 2.75) is 25.5 Å². The fourth-order valence-electron chi connectivity index (χ4n) is 4.15. The Labute approximate surface area is 215 Å². The van der Waals surface area contributed by atoms with Crippen molar-refractivity contribution >= 4 is 12.0 Å². The second kappa shape index (κ2) is 11.8. The summed E-state index contributed by atoms with van der Waals surface area (Å²) in [4.78, 5) is 26.1. The zero-order valence-corrected chi connectivity index (χ0v) is 20.6. The number of benzene rings is 3. The SMILES string of the molecule is COc1ccc(CCC2=C(C(=O)OCc3cccc(C#N)c3)C(c3cccc(OC)c3)NC(=O)N2)cc1. The summed E-state index contributed by atoms with van der Waals surface area (Å²) in [6, 6.07) is 22.7. The molecule has 4 rings (SSSR count). The zero-order valence-electron chi connectivity index (χ0n) is 20.6. The van der Waals surface area contributed by atoms with E-state index in [1.54, 1.807) is 56.7 Å². The third-order valence-corrected chi connectivity index (χ3v) is 6.05. The number of esters is 1. The Morgan fingerprint density at radius 2 is 1.68 bits per heavy atom. The lowest BCUT2D eigenvalue weighted by Crippen LogP contribution is -2.46. The summed E-state index contributed by atoms with van der Waals surface area (Å²) in [5, 5.41) is 14.8. The molecule has 188 valence electrons. The molecule has 0 aliphatic carbocycles. The largest absolute Gasteiger partial charge is 0.497 e. The molecule has 0 aromatic heterocycles. The van der Waals surface area contributed by atoms with Gasteiger partial charge in [0.25, 0.3) is 0 Å². The molecule has 37 heavy (non-hydrogen) atoms. The molecule has 0 saturated carbocycles. The second-order valence-electron chi connectivity index (χ2n) is 8.44. The number of methoxy groups -OCH3 is 2. The van der Waals surface area contributed by atoms with Crippen molar-refractivity contribution in [1.82, 2.24) is 10.6 Å². The molecule has 3 aromatic rings. The van der Waals surface area contributed by atoms with Crippen molar-refractivity contribution in [2.24, 2.45) is 0 Å². The number of rotatable bonds is 9. The van der Waals surface area contributed by atoms with Gasteiger partial charge in [-0.25, -0.2) is 9.59 Å². The predicted octanol–water partition coefficient (Wildman–Crippen LogP) is 4.56. The smallest absolute Gasteiger partial charge is 0.338 e. The molecule has 1 atom stereocenters. The summed E-state index contributed by atoms with van der Waals surface area (Å²) in [7, 11) is 3.17. The van der Waals surface area contributed by atoms with Gasteiger partial charge in [0.2, 0.25) is 0 Å². The second-order valence-corrected chi connectivity index (χ2v) is 8.44. The van der Waals surface area contributed by atoms with Gasteiger partial charge in [-0.15, -0.1) is 0 Å². The number of urea groups is 1. The minimum atomic E-state index is -0.729. The monoisotopic (exact) mass is 497 g/mol. The highest BCUT2D eigenvalue weighted by Gasteiger charge is 2.34. The van der Waals surface area contributed by atoms with Gasteiger partial charge in [0.1, 0.15) is 18.1 Å². The predicted molar refractivity (Wildman–Crippen MR) is 137 cm³/mol. The van der Waals surface area contributed by atoms with Gasteiger partial charge >= 0.3 is 12.0 Å². The number of nitrogens with one attached hydrogen (secondary N) is 2. The van der Waals surface area contributed by atoms with Crippen LogP contribution in [0.4, 0.5) is 4.79 Å². The van der Waals surface area contributed by atoms with E-state index >= 15 is 0 Å². The van der Waals surface area contributed by atoms with E-state index in [2.05, 4.69) is 16.7 Å². The van der Waals surface area contributed by atoms with Crippen LogP contribution in [-0.2, 0) is 22.6 Å². The van der Waals surface area contributed by atoms with Gasteiger partial charge in [0.05, 0.1) is 37.5 Å². The van der Waals surface area contributed by atoms with Gasteiger partial charge in [-0.2, -0.15) is 5.26 Å². The third-order valence-electron chi connectivity index (χ3n) is 6.05. The maximum atomic E-state index is 13.5. The van der Waals surface area contributed by atoms with Gasteiger partial charge < -0.3 is 24.8 Å². The van der Waals surface area contributed by atoms with Gasteiger partial charge in [-0.3, -0.25) is 0 Å². The quantitative estimate of drug-likeness (QED) is 0.420. The minimum Gasteiger partial charge on any atom is -0.497 e. The molecule has 2 amide bonds. The van der Waals surface area contributed by atoms with Crippen LogP contribution >= 0.6 is 0 Å². The maximum absolute atomic E-state index is 13.5. The van der Waals surface area contributed by atoms with Crippen LogP contribution in [0.2, 0.25) is 0 Å². The average molecular weight is 498 g/mol. The van der Waals surface area contributed by atoms with E-state index in [9.17, 15) is 9.59 Å². The van der Waals surface area contributed by atoms with Gasteiger partial charge in [-0.05, 0) is 65.9 Å². The lowest BCUT2D eigenvalue weighted by atomic mass is 9.93. The topological polar surface area (TPSA) is 110 Å². The number of carbonyl (C=O) groups excluding carboxylic acids is 2. The fourth-order valence-corrected chi connectivity index (χ4v) is 4.15. The van der Waals surface area contributed by atoms with E-state index in [0.29, 0.717) is 46.6 Å². The number of amides is 2. The first-order valence-electron chi connectivity index (χ1n) is 11.7. The Hall–Kier alpha value is -4.77. The Morgan fingerprint density at radius 1 is 0.919 bits per heavy atom. The summed E-state index contributed by atoms with van der Waals surface area (Å²) in [6.45, 7) is -0.0115. The lowest BCUT2D eigenvalue weighted by molar-refractivity contribution is -0.140. The summed E-state index contributed by atoms with van der Waals surface area (Å²) in [5.41, 5.74) is 3.70. The van der Waals surface area contributed by atoms with Crippen LogP contribution in [-0.4, -0.2) is 26.2 Å². The number of carbonyl (C=O) groups is 2. The molecule has 0 bridgehead atoms. The van der Waals surface area contributed by atoms with Crippen molar-refractivity contribution < 1.29 is 23.8 Å². The Balaban J connectivity index is 1.65. The fraction of sp³-hybridized carbons (Fsp3) is 0.207. The van der Waals surface area contributed by atoms with E-state index in [1.165, 1.54) is 0 Å². The number of aryl methyl sites for hydroxylation is 1. The van der Waals surface area contributed by atoms with Crippen molar-refractivity contribution in [1.29, 1.82) is 5.26 Å². The van der Waals surface area contributed by atoms with Crippen molar-refractivity contribution in [3.05, 3.63) is 106 Å². The van der Waals surface area contributed by atoms with Crippen LogP contribution in [0, 0.1) is 11.3 Å². The first-order valence-corrected chi connectivity index (χ1v) is 11.7. The van der Waals surface area contributed by atoms with Crippen LogP contribution in [0.15, 0.2) is 84.1 Å². The summed E-state index contributed by atoms with van der Waals surface area (Å²) < 4.78 is 16.2. The average Bonchev–Trinajstić information content (AvgIpc) is 2.94. The number of hydrogen-bond donors (Lipinski definition) is 2. The molecule has 2 N–H and O–H groups in total. The van der Waals surface area contributed by atoms with Crippen LogP contribution in [0.5, 0.6) is 11.5 Å². The molecule has 0 spiro atoms. The Morgan fingerprint density at radius 3 is 2.41 bits per heavy atom. The molecule has 0 fully saturated rings. The van der Waals surface area contributed by atoms with Crippen molar-refractivity contribution in [2.75, 3.05) is 14.2 Å². The molecule has 1 aliphatic heterocycles. The first kappa shape index (κ1) is 25.3. The third kappa shape index (κ3) is 6.27. The summed E-state index contributed by atoms with van der Waals surface area (Å²) in [6.07, 6.45) is 1.00. The lowest BCUT2D eigenvalue weighted by Gasteiger charge is -2.29. The van der Waals surface area contributed by atoms with E-state index in [0.717, 1.165) is 11.3 Å². The Kier molecular flexibility index (Phi) is 8.06. The molecule has 1 heterocycles. The molecule has 1 unspecified atom stereocenters. The van der Waals surface area contributed by atoms with Crippen LogP contribution in [0.3, 0.4) is 0 Å². The normalized spacial score (nSPS) is 14.7. The summed E-state index contributed by atoms with van der Waals surface area (Å²) >= 11 is 0. The zero-order chi connectivity index (χ0) is 26.2. The van der Waals surface area contributed by atoms with Crippen LogP contribution in [0.1, 0.15) is 34.7 Å². The molecular formula is C29H27N3O5. The summed E-state index contributed by atoms with van der Waals surface area (Å²) in [5.74, 6) is 0.791. The number of ether oxygens (including phenoxy) is 3. The van der Waals surface area contributed by atoms with E-state index in [-0.39, 0.29) is 6.61 Å². The van der Waals surface area contributed by atoms with E-state index in [4.69, 9.17) is 19.5 Å². The van der Waals surface area contributed by atoms with Gasteiger partial charge in [-0.1, -0.05) is 36.4 Å². The highest BCUT2D eigenvalue weighted by atomic mass is 16.5. The molecule has 3 aromatic carbocycles. The first-order chi connectivity index (χ1) is 18.0. The highest BCUT2D eigenvalue weighted by molar-refractivity contribution is 5.95. The standard InChI is InChI=1S/C29H27N3O5/c1-35-23-12-9-19(10-13-23)11-14-25-26(28(33)37-18-21-6-3-5-20(15-21)17-30)27(32-29(34)31-25)22-7-4-8-24(16-22)36-2/h3-10,12-13,15-16,27H,11,14,18H2,1-2H3,(H2,31,32,34). The van der Waals surface area contributed by atoms with E-state index in [1.807, 2.05) is 30.3 Å². The van der Waals surface area contributed by atoms with Crippen LogP contribution in [0.25, 0.3) is 0 Å². The number of nitrogens with zero attached hydrogens (tertiary/aromatic N) is 1. The van der Waals surface area contributed by atoms with Crippen molar-refractivity contribution in [3.63, 3.8) is 0 Å². The highest BCUT2D eigenvalue weighted by Crippen LogP contribution is 2.31. The number of nitriles is 1. The molecule has 8 heteroatoms. The Bertz CT molecular complexity index is 1360. The minimum absolute atomic E-state index is 0.0115. The van der Waals surface area contributed by atoms with Crippen LogP contribution < -0.4 is 20.1 Å². The molecule has 0 radical (unpaired) electrons. The van der Waals surface area contributed by atoms with Gasteiger partial charge in [0, 0.05) is 5.70 Å². The molecular weight excluding hydrogens is 470 g/mol. The van der Waals surface area contributed by atoms with Gasteiger partial charge in [0.15, 0.2) is 0 Å². The number of allylic oxidation sites excluding steroid dienone is 1. The molecule has 0 saturated heterocycles.